The fraction of sp³-hybridized carbons (Fsp3) is 0.778. The minimum absolute atomic E-state index is 0.216. The lowest BCUT2D eigenvalue weighted by molar-refractivity contribution is -0.155. The summed E-state index contributed by atoms with van der Waals surface area (Å²) < 4.78 is 29.3. The quantitative estimate of drug-likeness (QED) is 0.439. The van der Waals surface area contributed by atoms with Gasteiger partial charge in [-0.25, -0.2) is 17.5 Å². The van der Waals surface area contributed by atoms with Crippen LogP contribution >= 0.6 is 0 Å². The number of amides is 4. The van der Waals surface area contributed by atoms with Gasteiger partial charge >= 0.3 is 12.0 Å². The molecule has 11 nitrogen and oxygen atoms in total. The van der Waals surface area contributed by atoms with E-state index < -0.39 is 51.9 Å². The molecule has 0 aromatic carbocycles. The van der Waals surface area contributed by atoms with Crippen molar-refractivity contribution in [1.29, 1.82) is 0 Å². The van der Waals surface area contributed by atoms with E-state index >= 15 is 0 Å². The molecule has 30 heavy (non-hydrogen) atoms. The molecule has 0 aromatic heterocycles. The van der Waals surface area contributed by atoms with Gasteiger partial charge in [-0.1, -0.05) is 6.92 Å². The third-order valence-corrected chi connectivity index (χ3v) is 7.43. The molecular formula is C18H28N4O7S. The van der Waals surface area contributed by atoms with Gasteiger partial charge in [-0.2, -0.15) is 5.01 Å². The van der Waals surface area contributed by atoms with E-state index in [0.29, 0.717) is 36.6 Å². The molecule has 2 N–H and O–H groups in total. The molecule has 0 unspecified atom stereocenters. The predicted octanol–water partition coefficient (Wildman–Crippen LogP) is -0.267. The van der Waals surface area contributed by atoms with Gasteiger partial charge in [0.1, 0.15) is 5.54 Å². The Balaban J connectivity index is 1.46. The second kappa shape index (κ2) is 8.50. The van der Waals surface area contributed by atoms with Crippen molar-refractivity contribution in [3.63, 3.8) is 0 Å². The largest absolute Gasteiger partial charge is 0.455 e. The molecule has 0 radical (unpaired) electrons. The van der Waals surface area contributed by atoms with Crippen molar-refractivity contribution in [3.8, 4) is 0 Å². The Kier molecular flexibility index (Phi) is 6.37. The molecular weight excluding hydrogens is 416 g/mol. The first-order valence-electron chi connectivity index (χ1n) is 10.1. The summed E-state index contributed by atoms with van der Waals surface area (Å²) in [6.45, 7) is 1.89. The summed E-state index contributed by atoms with van der Waals surface area (Å²) in [5.74, 6) is -1.91. The zero-order valence-corrected chi connectivity index (χ0v) is 18.0. The Labute approximate surface area is 175 Å². The molecule has 3 rings (SSSR count). The van der Waals surface area contributed by atoms with Crippen LogP contribution in [0.4, 0.5) is 4.79 Å². The zero-order valence-electron chi connectivity index (χ0n) is 17.2. The summed E-state index contributed by atoms with van der Waals surface area (Å²) in [5, 5.41) is 3.35. The van der Waals surface area contributed by atoms with Crippen LogP contribution in [0.25, 0.3) is 0 Å². The van der Waals surface area contributed by atoms with Gasteiger partial charge in [-0.05, 0) is 44.4 Å². The van der Waals surface area contributed by atoms with E-state index in [0.717, 1.165) is 19.1 Å². The maximum atomic E-state index is 12.7. The monoisotopic (exact) mass is 444 g/mol. The van der Waals surface area contributed by atoms with Crippen LogP contribution in [0.1, 0.15) is 45.4 Å². The standard InChI is InChI=1S/C18H28N4O7S/c1-12-3-7-18(8-4-12)16(25)22(17(26)19-18)20-14(23)11-29-15(24)13-5-9-21(10-6-13)30(2,27)28/h12-13H,3-11H2,1-2H3,(H,19,26)(H,20,23). The SMILES string of the molecule is CC1CCC2(CC1)NC(=O)N(NC(=O)COC(=O)C1CCN(S(C)(=O)=O)CC1)C2=O. The average molecular weight is 445 g/mol. The van der Waals surface area contributed by atoms with Crippen LogP contribution in [0.2, 0.25) is 0 Å². The van der Waals surface area contributed by atoms with E-state index in [1.165, 1.54) is 4.31 Å². The van der Waals surface area contributed by atoms with Gasteiger partial charge in [0, 0.05) is 13.1 Å². The first kappa shape index (κ1) is 22.5. The summed E-state index contributed by atoms with van der Waals surface area (Å²) >= 11 is 0. The van der Waals surface area contributed by atoms with Gasteiger partial charge in [0.15, 0.2) is 6.61 Å². The highest BCUT2D eigenvalue weighted by Crippen LogP contribution is 2.35. The second-order valence-electron chi connectivity index (χ2n) is 8.41. The van der Waals surface area contributed by atoms with E-state index in [1.807, 2.05) is 0 Å². The highest BCUT2D eigenvalue weighted by molar-refractivity contribution is 7.88. The Morgan fingerprint density at radius 3 is 2.33 bits per heavy atom. The highest BCUT2D eigenvalue weighted by atomic mass is 32.2. The van der Waals surface area contributed by atoms with E-state index in [9.17, 15) is 27.6 Å². The number of hydrogen-bond acceptors (Lipinski definition) is 7. The number of esters is 1. The number of urea groups is 1. The number of nitrogens with zero attached hydrogens (tertiary/aromatic N) is 2. The summed E-state index contributed by atoms with van der Waals surface area (Å²) in [7, 11) is -3.30. The number of piperidine rings is 1. The molecule has 3 fully saturated rings. The fourth-order valence-corrected chi connectivity index (χ4v) is 5.02. The molecule has 2 heterocycles. The molecule has 12 heteroatoms. The van der Waals surface area contributed by atoms with Crippen LogP contribution in [0, 0.1) is 11.8 Å². The summed E-state index contributed by atoms with van der Waals surface area (Å²) in [6, 6.07) is -0.692. The lowest BCUT2D eigenvalue weighted by Crippen LogP contribution is -2.52. The lowest BCUT2D eigenvalue weighted by atomic mass is 9.77. The van der Waals surface area contributed by atoms with Crippen molar-refractivity contribution in [2.45, 2.75) is 51.0 Å². The number of carbonyl (C=O) groups excluding carboxylic acids is 4. The van der Waals surface area contributed by atoms with Crippen LogP contribution in [-0.4, -0.2) is 73.0 Å². The molecule has 3 aliphatic rings. The van der Waals surface area contributed by atoms with Gasteiger partial charge in [0.2, 0.25) is 10.0 Å². The van der Waals surface area contributed by atoms with Crippen molar-refractivity contribution >= 4 is 33.8 Å². The first-order chi connectivity index (χ1) is 14.0. The van der Waals surface area contributed by atoms with Crippen LogP contribution < -0.4 is 10.7 Å². The molecule has 0 aromatic rings. The van der Waals surface area contributed by atoms with Crippen molar-refractivity contribution in [2.24, 2.45) is 11.8 Å². The minimum Gasteiger partial charge on any atom is -0.455 e. The number of carbonyl (C=O) groups is 4. The molecule has 1 saturated carbocycles. The number of imide groups is 1. The van der Waals surface area contributed by atoms with E-state index in [-0.39, 0.29) is 13.1 Å². The number of ether oxygens (including phenoxy) is 1. The second-order valence-corrected chi connectivity index (χ2v) is 10.4. The highest BCUT2D eigenvalue weighted by Gasteiger charge is 2.52. The maximum absolute atomic E-state index is 12.7. The van der Waals surface area contributed by atoms with Crippen LogP contribution in [0.5, 0.6) is 0 Å². The Hall–Kier alpha value is -2.21. The Morgan fingerprint density at radius 1 is 1.17 bits per heavy atom. The Morgan fingerprint density at radius 2 is 1.77 bits per heavy atom. The van der Waals surface area contributed by atoms with Gasteiger partial charge < -0.3 is 10.1 Å². The third-order valence-electron chi connectivity index (χ3n) is 6.13. The lowest BCUT2D eigenvalue weighted by Gasteiger charge is -2.33. The van der Waals surface area contributed by atoms with E-state index in [2.05, 4.69) is 17.7 Å². The van der Waals surface area contributed by atoms with Crippen LogP contribution in [-0.2, 0) is 29.1 Å². The Bertz CT molecular complexity index is 827. The van der Waals surface area contributed by atoms with Gasteiger partial charge in [-0.15, -0.1) is 0 Å². The van der Waals surface area contributed by atoms with Crippen LogP contribution in [0.3, 0.4) is 0 Å². The van der Waals surface area contributed by atoms with Gasteiger partial charge in [-0.3, -0.25) is 19.8 Å². The molecule has 0 bridgehead atoms. The van der Waals surface area contributed by atoms with Gasteiger partial charge in [0.25, 0.3) is 11.8 Å². The van der Waals surface area contributed by atoms with Crippen LogP contribution in [0.15, 0.2) is 0 Å². The van der Waals surface area contributed by atoms with E-state index in [1.54, 1.807) is 0 Å². The molecule has 1 spiro atoms. The number of hydrogen-bond donors (Lipinski definition) is 2. The molecule has 1 aliphatic carbocycles. The number of hydrazine groups is 1. The molecule has 0 atom stereocenters. The topological polar surface area (TPSA) is 142 Å². The maximum Gasteiger partial charge on any atom is 0.344 e. The summed E-state index contributed by atoms with van der Waals surface area (Å²) in [6.07, 6.45) is 4.39. The normalized spacial score (nSPS) is 28.5. The van der Waals surface area contributed by atoms with Gasteiger partial charge in [0.05, 0.1) is 12.2 Å². The first-order valence-corrected chi connectivity index (χ1v) is 11.9. The predicted molar refractivity (Wildman–Crippen MR) is 104 cm³/mol. The number of rotatable bonds is 5. The fourth-order valence-electron chi connectivity index (χ4n) is 4.15. The average Bonchev–Trinajstić information content (AvgIpc) is 2.92. The van der Waals surface area contributed by atoms with E-state index in [4.69, 9.17) is 4.74 Å². The summed E-state index contributed by atoms with van der Waals surface area (Å²) in [4.78, 5) is 49.2. The van der Waals surface area contributed by atoms with Crippen molar-refractivity contribution in [3.05, 3.63) is 0 Å². The zero-order chi connectivity index (χ0) is 22.1. The third kappa shape index (κ3) is 4.75. The molecule has 2 saturated heterocycles. The number of nitrogens with one attached hydrogen (secondary N) is 2. The smallest absolute Gasteiger partial charge is 0.344 e. The molecule has 2 aliphatic heterocycles. The minimum atomic E-state index is -3.30. The molecule has 4 amide bonds. The molecule has 168 valence electrons. The van der Waals surface area contributed by atoms with Crippen molar-refractivity contribution in [1.82, 2.24) is 20.1 Å². The van der Waals surface area contributed by atoms with Crippen molar-refractivity contribution in [2.75, 3.05) is 26.0 Å². The summed E-state index contributed by atoms with van der Waals surface area (Å²) in [5.41, 5.74) is 1.24. The van der Waals surface area contributed by atoms with Crippen molar-refractivity contribution < 1.29 is 32.3 Å². The number of sulfonamides is 1.